The number of unbranched alkanes of at least 4 members (excludes halogenated alkanes) is 1. The molecule has 4 nitrogen and oxygen atoms in total. The zero-order valence-electron chi connectivity index (χ0n) is 10.0. The van der Waals surface area contributed by atoms with Crippen LogP contribution in [0.4, 0.5) is 0 Å². The first-order chi connectivity index (χ1) is 8.31. The predicted octanol–water partition coefficient (Wildman–Crippen LogP) is 1.59. The van der Waals surface area contributed by atoms with Crippen LogP contribution in [-0.2, 0) is 0 Å². The minimum absolute atomic E-state index is 0.0531. The summed E-state index contributed by atoms with van der Waals surface area (Å²) in [5.74, 6) is 1.62. The number of rotatable bonds is 5. The lowest BCUT2D eigenvalue weighted by molar-refractivity contribution is 0.171. The summed E-state index contributed by atoms with van der Waals surface area (Å²) in [6, 6.07) is 5.99. The molecular formula is C13H20N2O2. The van der Waals surface area contributed by atoms with Crippen LogP contribution in [-0.4, -0.2) is 19.8 Å². The average molecular weight is 236 g/mol. The lowest BCUT2D eigenvalue weighted by atomic mass is 10.0. The van der Waals surface area contributed by atoms with Gasteiger partial charge in [-0.3, -0.25) is 0 Å². The zero-order valence-corrected chi connectivity index (χ0v) is 10.0. The summed E-state index contributed by atoms with van der Waals surface area (Å²) in [5.41, 5.74) is 12.7. The Morgan fingerprint density at radius 1 is 1.12 bits per heavy atom. The fourth-order valence-electron chi connectivity index (χ4n) is 1.97. The molecule has 0 fully saturated rings. The van der Waals surface area contributed by atoms with Crippen molar-refractivity contribution in [1.82, 2.24) is 0 Å². The van der Waals surface area contributed by atoms with Gasteiger partial charge in [0.2, 0.25) is 0 Å². The molecule has 0 saturated heterocycles. The van der Waals surface area contributed by atoms with Crippen LogP contribution in [0.25, 0.3) is 0 Å². The molecule has 17 heavy (non-hydrogen) atoms. The van der Waals surface area contributed by atoms with Crippen molar-refractivity contribution in [1.29, 1.82) is 0 Å². The first-order valence-corrected chi connectivity index (χ1v) is 6.16. The van der Waals surface area contributed by atoms with Gasteiger partial charge in [0, 0.05) is 6.04 Å². The van der Waals surface area contributed by atoms with E-state index in [9.17, 15) is 0 Å². The van der Waals surface area contributed by atoms with E-state index in [-0.39, 0.29) is 6.04 Å². The minimum atomic E-state index is 0.0531. The summed E-state index contributed by atoms with van der Waals surface area (Å²) < 4.78 is 11.0. The van der Waals surface area contributed by atoms with Gasteiger partial charge in [0.05, 0.1) is 0 Å². The van der Waals surface area contributed by atoms with Gasteiger partial charge in [-0.1, -0.05) is 12.5 Å². The molecule has 1 atom stereocenters. The molecule has 4 N–H and O–H groups in total. The van der Waals surface area contributed by atoms with Crippen LogP contribution >= 0.6 is 0 Å². The van der Waals surface area contributed by atoms with Gasteiger partial charge >= 0.3 is 0 Å². The monoisotopic (exact) mass is 236 g/mol. The molecule has 0 saturated carbocycles. The number of hydrogen-bond acceptors (Lipinski definition) is 4. The van der Waals surface area contributed by atoms with Crippen LogP contribution in [0.3, 0.4) is 0 Å². The second-order valence-electron chi connectivity index (χ2n) is 4.29. The highest BCUT2D eigenvalue weighted by molar-refractivity contribution is 5.44. The fourth-order valence-corrected chi connectivity index (χ4v) is 1.97. The van der Waals surface area contributed by atoms with Gasteiger partial charge < -0.3 is 20.9 Å². The molecule has 4 heteroatoms. The van der Waals surface area contributed by atoms with Gasteiger partial charge in [-0.2, -0.15) is 0 Å². The van der Waals surface area contributed by atoms with Gasteiger partial charge in [0.15, 0.2) is 11.5 Å². The Hall–Kier alpha value is -1.26. The second-order valence-corrected chi connectivity index (χ2v) is 4.29. The molecular weight excluding hydrogens is 216 g/mol. The number of ether oxygens (including phenoxy) is 2. The fraction of sp³-hybridized carbons (Fsp3) is 0.538. The topological polar surface area (TPSA) is 70.5 Å². The Bertz CT molecular complexity index is 368. The number of fused-ring (bicyclic) bond motifs is 1. The highest BCUT2D eigenvalue weighted by atomic mass is 16.6. The van der Waals surface area contributed by atoms with Crippen molar-refractivity contribution in [3.05, 3.63) is 23.8 Å². The SMILES string of the molecule is NCCCC[C@@H](N)c1ccc2c(c1)OCCO2. The van der Waals surface area contributed by atoms with Crippen LogP contribution in [0.2, 0.25) is 0 Å². The van der Waals surface area contributed by atoms with E-state index in [1.807, 2.05) is 18.2 Å². The smallest absolute Gasteiger partial charge is 0.161 e. The van der Waals surface area contributed by atoms with Crippen LogP contribution in [0.5, 0.6) is 11.5 Å². The minimum Gasteiger partial charge on any atom is -0.486 e. The molecule has 1 aliphatic heterocycles. The summed E-state index contributed by atoms with van der Waals surface area (Å²) in [5, 5.41) is 0. The van der Waals surface area contributed by atoms with E-state index in [1.54, 1.807) is 0 Å². The molecule has 0 bridgehead atoms. The molecule has 0 amide bonds. The summed E-state index contributed by atoms with van der Waals surface area (Å²) in [4.78, 5) is 0. The normalized spacial score (nSPS) is 15.6. The Morgan fingerprint density at radius 2 is 1.88 bits per heavy atom. The Balaban J connectivity index is 2.00. The molecule has 1 aliphatic rings. The number of nitrogens with two attached hydrogens (primary N) is 2. The second kappa shape index (κ2) is 5.89. The van der Waals surface area contributed by atoms with Crippen molar-refractivity contribution in [2.24, 2.45) is 11.5 Å². The third-order valence-electron chi connectivity index (χ3n) is 2.96. The van der Waals surface area contributed by atoms with E-state index < -0.39 is 0 Å². The van der Waals surface area contributed by atoms with Gasteiger partial charge in [-0.15, -0.1) is 0 Å². The molecule has 1 aromatic carbocycles. The molecule has 0 unspecified atom stereocenters. The van der Waals surface area contributed by atoms with Crippen molar-refractivity contribution < 1.29 is 9.47 Å². The first kappa shape index (κ1) is 12.2. The summed E-state index contributed by atoms with van der Waals surface area (Å²) in [6.45, 7) is 1.96. The summed E-state index contributed by atoms with van der Waals surface area (Å²) in [7, 11) is 0. The predicted molar refractivity (Wildman–Crippen MR) is 67.3 cm³/mol. The van der Waals surface area contributed by atoms with E-state index in [0.717, 1.165) is 42.9 Å². The Kier molecular flexibility index (Phi) is 4.23. The molecule has 0 spiro atoms. The van der Waals surface area contributed by atoms with E-state index >= 15 is 0 Å². The average Bonchev–Trinajstić information content (AvgIpc) is 2.38. The van der Waals surface area contributed by atoms with Crippen molar-refractivity contribution >= 4 is 0 Å². The van der Waals surface area contributed by atoms with Gasteiger partial charge in [0.25, 0.3) is 0 Å². The van der Waals surface area contributed by atoms with Crippen molar-refractivity contribution in [2.45, 2.75) is 25.3 Å². The van der Waals surface area contributed by atoms with Gasteiger partial charge in [-0.05, 0) is 37.1 Å². The lowest BCUT2D eigenvalue weighted by Crippen LogP contribution is -2.17. The van der Waals surface area contributed by atoms with Crippen LogP contribution in [0, 0.1) is 0 Å². The lowest BCUT2D eigenvalue weighted by Gasteiger charge is -2.20. The van der Waals surface area contributed by atoms with Crippen LogP contribution in [0.1, 0.15) is 30.9 Å². The quantitative estimate of drug-likeness (QED) is 0.762. The van der Waals surface area contributed by atoms with E-state index in [4.69, 9.17) is 20.9 Å². The van der Waals surface area contributed by atoms with Crippen molar-refractivity contribution in [2.75, 3.05) is 19.8 Å². The Morgan fingerprint density at radius 3 is 2.65 bits per heavy atom. The third-order valence-corrected chi connectivity index (χ3v) is 2.96. The highest BCUT2D eigenvalue weighted by Crippen LogP contribution is 2.32. The van der Waals surface area contributed by atoms with Gasteiger partial charge in [-0.25, -0.2) is 0 Å². The molecule has 0 radical (unpaired) electrons. The maximum Gasteiger partial charge on any atom is 0.161 e. The Labute approximate surface area is 102 Å². The maximum atomic E-state index is 6.13. The molecule has 1 heterocycles. The highest BCUT2D eigenvalue weighted by Gasteiger charge is 2.14. The van der Waals surface area contributed by atoms with Crippen molar-refractivity contribution in [3.63, 3.8) is 0 Å². The summed E-state index contributed by atoms with van der Waals surface area (Å²) in [6.07, 6.45) is 3.04. The number of hydrogen-bond donors (Lipinski definition) is 2. The largest absolute Gasteiger partial charge is 0.486 e. The van der Waals surface area contributed by atoms with Crippen molar-refractivity contribution in [3.8, 4) is 11.5 Å². The summed E-state index contributed by atoms with van der Waals surface area (Å²) >= 11 is 0. The van der Waals surface area contributed by atoms with Crippen LogP contribution < -0.4 is 20.9 Å². The zero-order chi connectivity index (χ0) is 12.1. The standard InChI is InChI=1S/C13H20N2O2/c14-6-2-1-3-11(15)10-4-5-12-13(9-10)17-8-7-16-12/h4-5,9,11H,1-3,6-8,14-15H2/t11-/m1/s1. The van der Waals surface area contributed by atoms with E-state index in [2.05, 4.69) is 0 Å². The van der Waals surface area contributed by atoms with Crippen LogP contribution in [0.15, 0.2) is 18.2 Å². The molecule has 2 rings (SSSR count). The van der Waals surface area contributed by atoms with E-state index in [1.165, 1.54) is 0 Å². The third kappa shape index (κ3) is 3.11. The maximum absolute atomic E-state index is 6.13. The molecule has 0 aliphatic carbocycles. The van der Waals surface area contributed by atoms with Gasteiger partial charge in [0.1, 0.15) is 13.2 Å². The molecule has 1 aromatic rings. The molecule has 94 valence electrons. The van der Waals surface area contributed by atoms with E-state index in [0.29, 0.717) is 13.2 Å². The molecule has 0 aromatic heterocycles. The number of benzene rings is 1. The first-order valence-electron chi connectivity index (χ1n) is 6.16.